The highest BCUT2D eigenvalue weighted by molar-refractivity contribution is 5.96. The van der Waals surface area contributed by atoms with Crippen molar-refractivity contribution < 1.29 is 27.1 Å². The van der Waals surface area contributed by atoms with E-state index >= 15 is 0 Å². The number of rotatable bonds is 7. The summed E-state index contributed by atoms with van der Waals surface area (Å²) in [6.45, 7) is 1.45. The molecule has 6 nitrogen and oxygen atoms in total. The molecular weight excluding hydrogens is 464 g/mol. The van der Waals surface area contributed by atoms with Gasteiger partial charge in [0.1, 0.15) is 17.3 Å². The lowest BCUT2D eigenvalue weighted by Gasteiger charge is -2.14. The highest BCUT2D eigenvalue weighted by atomic mass is 19.4. The molecule has 0 fully saturated rings. The molecule has 0 radical (unpaired) electrons. The van der Waals surface area contributed by atoms with E-state index in [0.29, 0.717) is 22.6 Å². The fraction of sp³-hybridized carbons (Fsp3) is 0.200. The van der Waals surface area contributed by atoms with Crippen molar-refractivity contribution in [3.63, 3.8) is 0 Å². The van der Waals surface area contributed by atoms with Gasteiger partial charge < -0.3 is 15.4 Å². The average Bonchev–Trinajstić information content (AvgIpc) is 3.22. The summed E-state index contributed by atoms with van der Waals surface area (Å²) in [5.74, 6) is -0.190. The lowest BCUT2D eigenvalue weighted by molar-refractivity contribution is -0.131. The molecule has 35 heavy (non-hydrogen) atoms. The SMILES string of the molecule is CNC(=O)c1ccc(-c2cnc3c(NCCC(F)(F)F)cc(Oc4cccc(F)c4)cn23)cc1C. The van der Waals surface area contributed by atoms with E-state index in [1.165, 1.54) is 24.3 Å². The summed E-state index contributed by atoms with van der Waals surface area (Å²) in [6.07, 6.45) is -2.13. The number of anilines is 1. The van der Waals surface area contributed by atoms with Crippen molar-refractivity contribution in [1.82, 2.24) is 14.7 Å². The topological polar surface area (TPSA) is 67.7 Å². The van der Waals surface area contributed by atoms with Crippen molar-refractivity contribution in [2.75, 3.05) is 18.9 Å². The summed E-state index contributed by atoms with van der Waals surface area (Å²) in [5, 5.41) is 5.37. The van der Waals surface area contributed by atoms with E-state index in [0.717, 1.165) is 11.1 Å². The zero-order valence-corrected chi connectivity index (χ0v) is 18.9. The molecule has 2 heterocycles. The number of alkyl halides is 3. The van der Waals surface area contributed by atoms with Gasteiger partial charge in [-0.2, -0.15) is 13.2 Å². The number of hydrogen-bond acceptors (Lipinski definition) is 4. The van der Waals surface area contributed by atoms with Gasteiger partial charge in [0.25, 0.3) is 5.91 Å². The summed E-state index contributed by atoms with van der Waals surface area (Å²) in [6, 6.07) is 12.3. The molecule has 0 saturated heterocycles. The van der Waals surface area contributed by atoms with Crippen molar-refractivity contribution in [2.24, 2.45) is 0 Å². The molecule has 0 bridgehead atoms. The molecule has 0 atom stereocenters. The van der Waals surface area contributed by atoms with Gasteiger partial charge in [-0.3, -0.25) is 9.20 Å². The summed E-state index contributed by atoms with van der Waals surface area (Å²) >= 11 is 0. The van der Waals surface area contributed by atoms with Crippen LogP contribution in [0.2, 0.25) is 0 Å². The number of carbonyl (C=O) groups excluding carboxylic acids is 1. The maximum absolute atomic E-state index is 13.6. The van der Waals surface area contributed by atoms with Crippen LogP contribution in [0.15, 0.2) is 60.9 Å². The van der Waals surface area contributed by atoms with E-state index in [-0.39, 0.29) is 24.0 Å². The van der Waals surface area contributed by atoms with Gasteiger partial charge in [0.2, 0.25) is 0 Å². The molecule has 0 aliphatic rings. The first-order valence-electron chi connectivity index (χ1n) is 10.7. The number of aryl methyl sites for hydroxylation is 1. The van der Waals surface area contributed by atoms with Gasteiger partial charge in [0.15, 0.2) is 5.65 Å². The number of carbonyl (C=O) groups is 1. The van der Waals surface area contributed by atoms with E-state index in [2.05, 4.69) is 15.6 Å². The zero-order chi connectivity index (χ0) is 25.2. The predicted octanol–water partition coefficient (Wildman–Crippen LogP) is 5.97. The van der Waals surface area contributed by atoms with Crippen molar-refractivity contribution in [2.45, 2.75) is 19.5 Å². The molecule has 0 aliphatic heterocycles. The maximum Gasteiger partial charge on any atom is 0.390 e. The Hall–Kier alpha value is -4.08. The van der Waals surface area contributed by atoms with Crippen LogP contribution in [0.5, 0.6) is 11.5 Å². The fourth-order valence-electron chi connectivity index (χ4n) is 3.68. The van der Waals surface area contributed by atoms with E-state index in [1.807, 2.05) is 6.07 Å². The third-order valence-electron chi connectivity index (χ3n) is 5.33. The first-order chi connectivity index (χ1) is 16.6. The van der Waals surface area contributed by atoms with Gasteiger partial charge in [-0.25, -0.2) is 9.37 Å². The number of pyridine rings is 1. The highest BCUT2D eigenvalue weighted by Crippen LogP contribution is 2.32. The first kappa shape index (κ1) is 24.1. The predicted molar refractivity (Wildman–Crippen MR) is 124 cm³/mol. The Morgan fingerprint density at radius 1 is 1.11 bits per heavy atom. The number of ether oxygens (including phenoxy) is 1. The summed E-state index contributed by atoms with van der Waals surface area (Å²) in [5.41, 5.74) is 3.36. The Morgan fingerprint density at radius 2 is 1.91 bits per heavy atom. The Bertz CT molecular complexity index is 1380. The highest BCUT2D eigenvalue weighted by Gasteiger charge is 2.26. The number of halogens is 4. The number of aromatic nitrogens is 2. The van der Waals surface area contributed by atoms with Gasteiger partial charge in [-0.1, -0.05) is 12.1 Å². The quantitative estimate of drug-likeness (QED) is 0.316. The molecule has 2 aromatic carbocycles. The lowest BCUT2D eigenvalue weighted by Crippen LogP contribution is -2.18. The van der Waals surface area contributed by atoms with Crippen molar-refractivity contribution in [3.8, 4) is 22.8 Å². The summed E-state index contributed by atoms with van der Waals surface area (Å²) < 4.78 is 59.2. The van der Waals surface area contributed by atoms with E-state index in [4.69, 9.17) is 4.74 Å². The molecule has 4 aromatic rings. The molecule has 4 rings (SSSR count). The van der Waals surface area contributed by atoms with Gasteiger partial charge in [0.05, 0.1) is 30.2 Å². The van der Waals surface area contributed by atoms with Crippen LogP contribution >= 0.6 is 0 Å². The molecule has 0 aliphatic carbocycles. The molecule has 2 aromatic heterocycles. The molecular formula is C25H22F4N4O2. The number of amides is 1. The second kappa shape index (κ2) is 9.65. The maximum atomic E-state index is 13.6. The van der Waals surface area contributed by atoms with Crippen LogP contribution in [-0.4, -0.2) is 35.1 Å². The van der Waals surface area contributed by atoms with Gasteiger partial charge in [-0.05, 0) is 36.8 Å². The van der Waals surface area contributed by atoms with Crippen LogP contribution in [0.4, 0.5) is 23.2 Å². The second-order valence-corrected chi connectivity index (χ2v) is 7.89. The third-order valence-corrected chi connectivity index (χ3v) is 5.33. The van der Waals surface area contributed by atoms with Crippen molar-refractivity contribution in [3.05, 3.63) is 77.9 Å². The van der Waals surface area contributed by atoms with Crippen LogP contribution < -0.4 is 15.4 Å². The average molecular weight is 486 g/mol. The molecule has 2 N–H and O–H groups in total. The number of benzene rings is 2. The Balaban J connectivity index is 1.77. The molecule has 0 unspecified atom stereocenters. The Labute approximate surface area is 198 Å². The molecule has 1 amide bonds. The number of fused-ring (bicyclic) bond motifs is 1. The van der Waals surface area contributed by atoms with Crippen LogP contribution in [0.1, 0.15) is 22.3 Å². The Kier molecular flexibility index (Phi) is 6.63. The monoisotopic (exact) mass is 486 g/mol. The van der Waals surface area contributed by atoms with E-state index in [9.17, 15) is 22.4 Å². The van der Waals surface area contributed by atoms with E-state index in [1.54, 1.807) is 49.0 Å². The number of nitrogens with one attached hydrogen (secondary N) is 2. The second-order valence-electron chi connectivity index (χ2n) is 7.89. The molecule has 10 heteroatoms. The third kappa shape index (κ3) is 5.53. The first-order valence-corrected chi connectivity index (χ1v) is 10.7. The minimum absolute atomic E-state index is 0.214. The molecule has 0 saturated carbocycles. The van der Waals surface area contributed by atoms with Gasteiger partial charge >= 0.3 is 6.18 Å². The lowest BCUT2D eigenvalue weighted by atomic mass is 10.0. The largest absolute Gasteiger partial charge is 0.456 e. The summed E-state index contributed by atoms with van der Waals surface area (Å²) in [7, 11) is 1.55. The van der Waals surface area contributed by atoms with Crippen LogP contribution in [-0.2, 0) is 0 Å². The molecule has 182 valence electrons. The normalized spacial score (nSPS) is 11.5. The Morgan fingerprint density at radius 3 is 2.60 bits per heavy atom. The van der Waals surface area contributed by atoms with Crippen molar-refractivity contribution in [1.29, 1.82) is 0 Å². The summed E-state index contributed by atoms with van der Waals surface area (Å²) in [4.78, 5) is 16.4. The fourth-order valence-corrected chi connectivity index (χ4v) is 3.68. The number of imidazole rings is 1. The smallest absolute Gasteiger partial charge is 0.390 e. The minimum Gasteiger partial charge on any atom is -0.456 e. The van der Waals surface area contributed by atoms with Crippen LogP contribution in [0.25, 0.3) is 16.9 Å². The van der Waals surface area contributed by atoms with Gasteiger partial charge in [0, 0.05) is 36.9 Å². The number of nitrogens with zero attached hydrogens (tertiary/aromatic N) is 2. The van der Waals surface area contributed by atoms with Crippen LogP contribution in [0, 0.1) is 12.7 Å². The van der Waals surface area contributed by atoms with E-state index < -0.39 is 18.4 Å². The zero-order valence-electron chi connectivity index (χ0n) is 18.9. The standard InChI is InChI=1S/C25H22F4N4O2/c1-15-10-16(6-7-20(15)24(34)30-2)22-13-32-23-21(31-9-8-25(27,28)29)12-19(14-33(22)23)35-18-5-3-4-17(26)11-18/h3-7,10-14,31H,8-9H2,1-2H3,(H,30,34). The van der Waals surface area contributed by atoms with Crippen LogP contribution in [0.3, 0.4) is 0 Å². The van der Waals surface area contributed by atoms with Gasteiger partial charge in [-0.15, -0.1) is 0 Å². The molecule has 0 spiro atoms. The minimum atomic E-state index is -4.32. The number of hydrogen-bond donors (Lipinski definition) is 2. The van der Waals surface area contributed by atoms with Crippen molar-refractivity contribution >= 4 is 17.2 Å².